The fraction of sp³-hybridized carbons (Fsp3) is 0.833. The van der Waals surface area contributed by atoms with Crippen molar-refractivity contribution in [3.8, 4) is 0 Å². The van der Waals surface area contributed by atoms with Crippen molar-refractivity contribution < 1.29 is 0 Å². The van der Waals surface area contributed by atoms with Gasteiger partial charge in [0.2, 0.25) is 0 Å². The van der Waals surface area contributed by atoms with E-state index in [0.717, 1.165) is 30.2 Å². The second-order valence-electron chi connectivity index (χ2n) is 7.22. The Bertz CT molecular complexity index is 413. The van der Waals surface area contributed by atoms with Gasteiger partial charge in [-0.15, -0.1) is 11.3 Å². The number of thiazole rings is 1. The lowest BCUT2D eigenvalue weighted by molar-refractivity contribution is 0.169. The molecule has 1 aromatic rings. The molecule has 0 bridgehead atoms. The second kappa shape index (κ2) is 8.28. The summed E-state index contributed by atoms with van der Waals surface area (Å²) in [5.41, 5.74) is 1.33. The highest BCUT2D eigenvalue weighted by Crippen LogP contribution is 2.37. The molecule has 0 amide bonds. The summed E-state index contributed by atoms with van der Waals surface area (Å²) in [7, 11) is 0. The van der Waals surface area contributed by atoms with Gasteiger partial charge in [0.25, 0.3) is 0 Å². The molecule has 3 heteroatoms. The van der Waals surface area contributed by atoms with E-state index in [0.29, 0.717) is 0 Å². The Morgan fingerprint density at radius 3 is 2.76 bits per heavy atom. The molecule has 120 valence electrons. The molecule has 0 aromatic carbocycles. The van der Waals surface area contributed by atoms with Gasteiger partial charge in [-0.2, -0.15) is 0 Å². The average Bonchev–Trinajstić information content (AvgIpc) is 2.85. The summed E-state index contributed by atoms with van der Waals surface area (Å²) in [6.07, 6.45) is 6.77. The van der Waals surface area contributed by atoms with Crippen LogP contribution in [0.25, 0.3) is 0 Å². The zero-order chi connectivity index (χ0) is 15.2. The quantitative estimate of drug-likeness (QED) is 0.791. The molecule has 3 unspecified atom stereocenters. The van der Waals surface area contributed by atoms with Gasteiger partial charge < -0.3 is 5.32 Å². The van der Waals surface area contributed by atoms with Crippen LogP contribution in [0.4, 0.5) is 0 Å². The molecule has 1 fully saturated rings. The molecule has 2 nitrogen and oxygen atoms in total. The van der Waals surface area contributed by atoms with Crippen molar-refractivity contribution in [1.29, 1.82) is 0 Å². The van der Waals surface area contributed by atoms with Crippen molar-refractivity contribution in [3.05, 3.63) is 16.1 Å². The smallest absolute Gasteiger partial charge is 0.0897 e. The third-order valence-electron chi connectivity index (χ3n) is 4.92. The predicted molar refractivity (Wildman–Crippen MR) is 92.9 cm³/mol. The molecule has 0 spiro atoms. The van der Waals surface area contributed by atoms with Crippen LogP contribution in [0.2, 0.25) is 0 Å². The maximum absolute atomic E-state index is 4.70. The predicted octanol–water partition coefficient (Wildman–Crippen LogP) is 4.68. The Balaban J connectivity index is 1.92. The molecule has 3 atom stereocenters. The minimum absolute atomic E-state index is 0.747. The topological polar surface area (TPSA) is 24.9 Å². The molecule has 1 heterocycles. The number of hydrogen-bond donors (Lipinski definition) is 1. The van der Waals surface area contributed by atoms with Crippen LogP contribution in [0.1, 0.15) is 57.2 Å². The highest BCUT2D eigenvalue weighted by atomic mass is 32.1. The molecule has 2 rings (SSSR count). The minimum atomic E-state index is 0.747. The molecule has 1 N–H and O–H groups in total. The van der Waals surface area contributed by atoms with Gasteiger partial charge >= 0.3 is 0 Å². The van der Waals surface area contributed by atoms with Crippen LogP contribution in [-0.2, 0) is 6.42 Å². The van der Waals surface area contributed by atoms with E-state index in [1.54, 1.807) is 11.3 Å². The van der Waals surface area contributed by atoms with Crippen molar-refractivity contribution in [2.45, 2.75) is 59.8 Å². The lowest BCUT2D eigenvalue weighted by Crippen LogP contribution is -2.35. The molecule has 1 aromatic heterocycles. The number of hydrogen-bond acceptors (Lipinski definition) is 3. The molecule has 21 heavy (non-hydrogen) atoms. The summed E-state index contributed by atoms with van der Waals surface area (Å²) in [5, 5.41) is 7.17. The SMILES string of the molecule is CCC1CCC(CNCC(C)C)C(Cc2csc(C)n2)C1. The van der Waals surface area contributed by atoms with Crippen LogP contribution in [0.5, 0.6) is 0 Å². The number of aryl methyl sites for hydroxylation is 1. The molecular formula is C18H32N2S. The Morgan fingerprint density at radius 1 is 1.33 bits per heavy atom. The minimum Gasteiger partial charge on any atom is -0.316 e. The van der Waals surface area contributed by atoms with Gasteiger partial charge in [0.05, 0.1) is 10.7 Å². The molecule has 1 aliphatic rings. The van der Waals surface area contributed by atoms with Crippen LogP contribution in [-0.4, -0.2) is 18.1 Å². The van der Waals surface area contributed by atoms with Gasteiger partial charge in [-0.3, -0.25) is 0 Å². The maximum Gasteiger partial charge on any atom is 0.0897 e. The maximum atomic E-state index is 4.70. The standard InChI is InChI=1S/C18H32N2S/c1-5-15-6-7-16(11-19-10-13(2)3)17(8-15)9-18-12-21-14(4)20-18/h12-13,15-17,19H,5-11H2,1-4H3. The van der Waals surface area contributed by atoms with E-state index < -0.39 is 0 Å². The van der Waals surface area contributed by atoms with Gasteiger partial charge in [-0.25, -0.2) is 4.98 Å². The van der Waals surface area contributed by atoms with Crippen LogP contribution >= 0.6 is 11.3 Å². The monoisotopic (exact) mass is 308 g/mol. The lowest BCUT2D eigenvalue weighted by atomic mass is 9.71. The van der Waals surface area contributed by atoms with E-state index in [1.165, 1.54) is 49.4 Å². The number of rotatable bonds is 7. The lowest BCUT2D eigenvalue weighted by Gasteiger charge is -2.36. The third kappa shape index (κ3) is 5.37. The summed E-state index contributed by atoms with van der Waals surface area (Å²) >= 11 is 1.80. The average molecular weight is 309 g/mol. The zero-order valence-corrected chi connectivity index (χ0v) is 15.0. The van der Waals surface area contributed by atoms with Crippen LogP contribution < -0.4 is 5.32 Å². The molecule has 0 aliphatic heterocycles. The van der Waals surface area contributed by atoms with Gasteiger partial charge in [-0.05, 0) is 62.9 Å². The van der Waals surface area contributed by atoms with Crippen molar-refractivity contribution in [2.24, 2.45) is 23.7 Å². The zero-order valence-electron chi connectivity index (χ0n) is 14.2. The summed E-state index contributed by atoms with van der Waals surface area (Å²) < 4.78 is 0. The first-order valence-corrected chi connectivity index (χ1v) is 9.58. The number of nitrogens with one attached hydrogen (secondary N) is 1. The molecule has 1 aliphatic carbocycles. The molecule has 0 radical (unpaired) electrons. The summed E-state index contributed by atoms with van der Waals surface area (Å²) in [6.45, 7) is 11.4. The van der Waals surface area contributed by atoms with Crippen molar-refractivity contribution in [2.75, 3.05) is 13.1 Å². The van der Waals surface area contributed by atoms with Gasteiger partial charge in [0.1, 0.15) is 0 Å². The van der Waals surface area contributed by atoms with Gasteiger partial charge in [-0.1, -0.05) is 33.6 Å². The van der Waals surface area contributed by atoms with Crippen molar-refractivity contribution in [3.63, 3.8) is 0 Å². The summed E-state index contributed by atoms with van der Waals surface area (Å²) in [6, 6.07) is 0. The van der Waals surface area contributed by atoms with E-state index in [-0.39, 0.29) is 0 Å². The largest absolute Gasteiger partial charge is 0.316 e. The number of aromatic nitrogens is 1. The van der Waals surface area contributed by atoms with E-state index in [1.807, 2.05) is 0 Å². The van der Waals surface area contributed by atoms with Crippen molar-refractivity contribution >= 4 is 11.3 Å². The van der Waals surface area contributed by atoms with E-state index in [4.69, 9.17) is 4.98 Å². The summed E-state index contributed by atoms with van der Waals surface area (Å²) in [4.78, 5) is 4.70. The van der Waals surface area contributed by atoms with Crippen LogP contribution in [0, 0.1) is 30.6 Å². The summed E-state index contributed by atoms with van der Waals surface area (Å²) in [5.74, 6) is 3.35. The Labute approximate surface area is 134 Å². The molecule has 0 saturated heterocycles. The van der Waals surface area contributed by atoms with Gasteiger partial charge in [0.15, 0.2) is 0 Å². The Hall–Kier alpha value is -0.410. The van der Waals surface area contributed by atoms with E-state index >= 15 is 0 Å². The second-order valence-corrected chi connectivity index (χ2v) is 8.28. The number of nitrogens with zero attached hydrogens (tertiary/aromatic N) is 1. The fourth-order valence-electron chi connectivity index (χ4n) is 3.64. The van der Waals surface area contributed by atoms with E-state index in [2.05, 4.69) is 38.4 Å². The third-order valence-corrected chi connectivity index (χ3v) is 5.75. The normalized spacial score (nSPS) is 26.4. The molecule has 1 saturated carbocycles. The molecular weight excluding hydrogens is 276 g/mol. The van der Waals surface area contributed by atoms with Gasteiger partial charge in [0, 0.05) is 5.38 Å². The highest BCUT2D eigenvalue weighted by molar-refractivity contribution is 7.09. The first-order valence-electron chi connectivity index (χ1n) is 8.70. The fourth-order valence-corrected chi connectivity index (χ4v) is 4.27. The first kappa shape index (κ1) is 17.0. The first-order chi connectivity index (χ1) is 10.1. The Kier molecular flexibility index (Phi) is 6.69. The Morgan fingerprint density at radius 2 is 2.14 bits per heavy atom. The van der Waals surface area contributed by atoms with Crippen LogP contribution in [0.3, 0.4) is 0 Å². The highest BCUT2D eigenvalue weighted by Gasteiger charge is 2.30. The van der Waals surface area contributed by atoms with E-state index in [9.17, 15) is 0 Å². The van der Waals surface area contributed by atoms with Crippen LogP contribution in [0.15, 0.2) is 5.38 Å². The van der Waals surface area contributed by atoms with Crippen molar-refractivity contribution in [1.82, 2.24) is 10.3 Å².